The van der Waals surface area contributed by atoms with Gasteiger partial charge in [0.1, 0.15) is 0 Å². The Kier molecular flexibility index (Phi) is 5.94. The topological polar surface area (TPSA) is 95.4 Å². The van der Waals surface area contributed by atoms with Crippen molar-refractivity contribution in [1.82, 2.24) is 15.0 Å². The van der Waals surface area contributed by atoms with Gasteiger partial charge >= 0.3 is 0 Å². The van der Waals surface area contributed by atoms with Crippen molar-refractivity contribution >= 4 is 17.8 Å². The summed E-state index contributed by atoms with van der Waals surface area (Å²) in [6.45, 7) is 5.94. The van der Waals surface area contributed by atoms with Crippen LogP contribution in [0.2, 0.25) is 0 Å². The lowest BCUT2D eigenvalue weighted by atomic mass is 10.1. The van der Waals surface area contributed by atoms with Gasteiger partial charge in [0.25, 0.3) is 0 Å². The minimum atomic E-state index is 0.195. The van der Waals surface area contributed by atoms with Gasteiger partial charge in [-0.25, -0.2) is 0 Å². The lowest BCUT2D eigenvalue weighted by Crippen LogP contribution is -2.37. The number of ether oxygens (including phenoxy) is 1. The number of rotatable bonds is 7. The molecule has 8 nitrogen and oxygen atoms in total. The van der Waals surface area contributed by atoms with Crippen LogP contribution in [-0.2, 0) is 4.74 Å². The molecule has 2 rings (SSSR count). The summed E-state index contributed by atoms with van der Waals surface area (Å²) in [6.07, 6.45) is 0.757. The van der Waals surface area contributed by atoms with Gasteiger partial charge in [-0.15, -0.1) is 0 Å². The Hall–Kier alpha value is -1.67. The number of morpholine rings is 1. The SMILES string of the molecule is CNc1nc(NCC(C)CCO)nc(N2CCOCC2)n1. The molecule has 1 aliphatic heterocycles. The average molecular weight is 296 g/mol. The molecule has 0 bridgehead atoms. The first-order chi connectivity index (χ1) is 10.2. The summed E-state index contributed by atoms with van der Waals surface area (Å²) < 4.78 is 5.35. The van der Waals surface area contributed by atoms with E-state index in [1.54, 1.807) is 7.05 Å². The van der Waals surface area contributed by atoms with Crippen molar-refractivity contribution in [3.63, 3.8) is 0 Å². The quantitative estimate of drug-likeness (QED) is 0.656. The van der Waals surface area contributed by atoms with Crippen LogP contribution in [0.1, 0.15) is 13.3 Å². The van der Waals surface area contributed by atoms with E-state index in [0.717, 1.165) is 26.1 Å². The smallest absolute Gasteiger partial charge is 0.232 e. The summed E-state index contributed by atoms with van der Waals surface area (Å²) in [5.74, 6) is 2.12. The number of aromatic nitrogens is 3. The second kappa shape index (κ2) is 7.94. The molecule has 21 heavy (non-hydrogen) atoms. The molecule has 0 aliphatic carbocycles. The van der Waals surface area contributed by atoms with Crippen molar-refractivity contribution in [2.24, 2.45) is 5.92 Å². The van der Waals surface area contributed by atoms with E-state index in [0.29, 0.717) is 37.0 Å². The average Bonchev–Trinajstić information content (AvgIpc) is 2.54. The minimum absolute atomic E-state index is 0.195. The molecule has 1 aromatic heterocycles. The zero-order valence-corrected chi connectivity index (χ0v) is 12.7. The Morgan fingerprint density at radius 1 is 1.24 bits per heavy atom. The van der Waals surface area contributed by atoms with Gasteiger partial charge in [-0.05, 0) is 12.3 Å². The number of aliphatic hydroxyl groups is 1. The number of aliphatic hydroxyl groups excluding tert-OH is 1. The number of nitrogens with zero attached hydrogens (tertiary/aromatic N) is 4. The van der Waals surface area contributed by atoms with Gasteiger partial charge in [-0.1, -0.05) is 6.92 Å². The molecule has 1 unspecified atom stereocenters. The fraction of sp³-hybridized carbons (Fsp3) is 0.769. The monoisotopic (exact) mass is 296 g/mol. The molecule has 0 radical (unpaired) electrons. The third kappa shape index (κ3) is 4.68. The molecule has 1 aliphatic rings. The summed E-state index contributed by atoms with van der Waals surface area (Å²) in [5.41, 5.74) is 0. The highest BCUT2D eigenvalue weighted by atomic mass is 16.5. The highest BCUT2D eigenvalue weighted by molar-refractivity contribution is 5.43. The van der Waals surface area contributed by atoms with Gasteiger partial charge in [0, 0.05) is 33.3 Å². The molecule has 0 amide bonds. The summed E-state index contributed by atoms with van der Waals surface area (Å²) in [7, 11) is 1.79. The second-order valence-corrected chi connectivity index (χ2v) is 5.13. The fourth-order valence-electron chi connectivity index (χ4n) is 2.05. The zero-order valence-electron chi connectivity index (χ0n) is 12.7. The molecular weight excluding hydrogens is 272 g/mol. The molecule has 1 aromatic rings. The third-order valence-electron chi connectivity index (χ3n) is 3.37. The predicted molar refractivity (Wildman–Crippen MR) is 81.8 cm³/mol. The summed E-state index contributed by atoms with van der Waals surface area (Å²) in [4.78, 5) is 15.3. The van der Waals surface area contributed by atoms with Gasteiger partial charge in [-0.3, -0.25) is 0 Å². The third-order valence-corrected chi connectivity index (χ3v) is 3.37. The van der Waals surface area contributed by atoms with Gasteiger partial charge < -0.3 is 25.4 Å². The first kappa shape index (κ1) is 15.7. The fourth-order valence-corrected chi connectivity index (χ4v) is 2.05. The van der Waals surface area contributed by atoms with Gasteiger partial charge in [0.2, 0.25) is 17.8 Å². The van der Waals surface area contributed by atoms with Crippen LogP contribution in [0, 0.1) is 5.92 Å². The number of nitrogens with one attached hydrogen (secondary N) is 2. The zero-order chi connectivity index (χ0) is 15.1. The highest BCUT2D eigenvalue weighted by Gasteiger charge is 2.16. The molecular formula is C13H24N6O2. The van der Waals surface area contributed by atoms with Crippen molar-refractivity contribution in [3.8, 4) is 0 Å². The lowest BCUT2D eigenvalue weighted by molar-refractivity contribution is 0.122. The van der Waals surface area contributed by atoms with Crippen molar-refractivity contribution < 1.29 is 9.84 Å². The predicted octanol–water partition coefficient (Wildman–Crippen LogP) is 0.180. The largest absolute Gasteiger partial charge is 0.396 e. The molecule has 8 heteroatoms. The van der Waals surface area contributed by atoms with E-state index in [9.17, 15) is 0 Å². The van der Waals surface area contributed by atoms with Crippen LogP contribution < -0.4 is 15.5 Å². The van der Waals surface area contributed by atoms with E-state index < -0.39 is 0 Å². The van der Waals surface area contributed by atoms with Crippen LogP contribution in [0.15, 0.2) is 0 Å². The second-order valence-electron chi connectivity index (χ2n) is 5.13. The van der Waals surface area contributed by atoms with Crippen LogP contribution in [0.5, 0.6) is 0 Å². The Labute approximate surface area is 125 Å². The first-order valence-corrected chi connectivity index (χ1v) is 7.34. The number of anilines is 3. The number of hydrogen-bond donors (Lipinski definition) is 3. The van der Waals surface area contributed by atoms with E-state index in [4.69, 9.17) is 9.84 Å². The highest BCUT2D eigenvalue weighted by Crippen LogP contribution is 2.15. The van der Waals surface area contributed by atoms with Crippen LogP contribution in [0.4, 0.5) is 17.8 Å². The van der Waals surface area contributed by atoms with Crippen molar-refractivity contribution in [2.75, 3.05) is 62.0 Å². The first-order valence-electron chi connectivity index (χ1n) is 7.34. The molecule has 1 saturated heterocycles. The maximum atomic E-state index is 8.93. The van der Waals surface area contributed by atoms with Crippen LogP contribution in [0.3, 0.4) is 0 Å². The van der Waals surface area contributed by atoms with E-state index in [-0.39, 0.29) is 6.61 Å². The lowest BCUT2D eigenvalue weighted by Gasteiger charge is -2.27. The maximum Gasteiger partial charge on any atom is 0.232 e. The van der Waals surface area contributed by atoms with Crippen molar-refractivity contribution in [1.29, 1.82) is 0 Å². The standard InChI is InChI=1S/C13H24N6O2/c1-10(3-6-20)9-15-12-16-11(14-2)17-13(18-12)19-4-7-21-8-5-19/h10,20H,3-9H2,1-2H3,(H2,14,15,16,17,18). The summed E-state index contributed by atoms with van der Waals surface area (Å²) >= 11 is 0. The normalized spacial score (nSPS) is 16.6. The Morgan fingerprint density at radius 3 is 2.62 bits per heavy atom. The van der Waals surface area contributed by atoms with E-state index in [1.165, 1.54) is 0 Å². The Morgan fingerprint density at radius 2 is 1.95 bits per heavy atom. The molecule has 3 N–H and O–H groups in total. The van der Waals surface area contributed by atoms with Gasteiger partial charge in [0.05, 0.1) is 13.2 Å². The molecule has 2 heterocycles. The van der Waals surface area contributed by atoms with Crippen LogP contribution in [0.25, 0.3) is 0 Å². The molecule has 0 saturated carbocycles. The van der Waals surface area contributed by atoms with Gasteiger partial charge in [0.15, 0.2) is 0 Å². The Balaban J connectivity index is 2.05. The Bertz CT molecular complexity index is 439. The summed E-state index contributed by atoms with van der Waals surface area (Å²) in [6, 6.07) is 0. The molecule has 0 spiro atoms. The van der Waals surface area contributed by atoms with E-state index in [2.05, 4.69) is 37.4 Å². The molecule has 1 atom stereocenters. The maximum absolute atomic E-state index is 8.93. The molecule has 118 valence electrons. The minimum Gasteiger partial charge on any atom is -0.396 e. The van der Waals surface area contributed by atoms with E-state index in [1.807, 2.05) is 0 Å². The van der Waals surface area contributed by atoms with Gasteiger partial charge in [-0.2, -0.15) is 15.0 Å². The van der Waals surface area contributed by atoms with Crippen molar-refractivity contribution in [3.05, 3.63) is 0 Å². The van der Waals surface area contributed by atoms with Crippen LogP contribution >= 0.6 is 0 Å². The van der Waals surface area contributed by atoms with Crippen molar-refractivity contribution in [2.45, 2.75) is 13.3 Å². The van der Waals surface area contributed by atoms with Crippen LogP contribution in [-0.4, -0.2) is 66.6 Å². The number of hydrogen-bond acceptors (Lipinski definition) is 8. The molecule has 0 aromatic carbocycles. The summed E-state index contributed by atoms with van der Waals surface area (Å²) in [5, 5.41) is 15.1. The van der Waals surface area contributed by atoms with E-state index >= 15 is 0 Å². The molecule has 1 fully saturated rings.